The highest BCUT2D eigenvalue weighted by atomic mass is 79.9. The second kappa shape index (κ2) is 6.54. The maximum absolute atomic E-state index is 12.1. The van der Waals surface area contributed by atoms with Crippen molar-refractivity contribution >= 4 is 21.6 Å². The molecule has 6 heteroatoms. The lowest BCUT2D eigenvalue weighted by Gasteiger charge is -2.37. The summed E-state index contributed by atoms with van der Waals surface area (Å²) in [6.07, 6.45) is 8.45. The molecule has 110 valence electrons. The van der Waals surface area contributed by atoms with E-state index in [1.165, 1.54) is 11.1 Å². The lowest BCUT2D eigenvalue weighted by atomic mass is 9.82. The summed E-state index contributed by atoms with van der Waals surface area (Å²) in [7, 11) is 0. The van der Waals surface area contributed by atoms with Crippen LogP contribution in [0.3, 0.4) is 0 Å². The maximum atomic E-state index is 12.1. The number of hydrogen-bond acceptors (Lipinski definition) is 4. The first kappa shape index (κ1) is 15.3. The third kappa shape index (κ3) is 3.12. The summed E-state index contributed by atoms with van der Waals surface area (Å²) in [6, 6.07) is 0. The van der Waals surface area contributed by atoms with Crippen molar-refractivity contribution < 1.29 is 5.11 Å². The first-order valence-corrected chi connectivity index (χ1v) is 7.67. The highest BCUT2D eigenvalue weighted by Crippen LogP contribution is 2.32. The molecule has 1 aliphatic rings. The summed E-state index contributed by atoms with van der Waals surface area (Å²) in [6.45, 7) is 4.05. The van der Waals surface area contributed by atoms with Gasteiger partial charge in [0, 0.05) is 0 Å². The van der Waals surface area contributed by atoms with Crippen LogP contribution in [-0.4, -0.2) is 27.0 Å². The van der Waals surface area contributed by atoms with E-state index in [0.717, 1.165) is 25.7 Å². The molecular weight excluding hydrogens is 322 g/mol. The van der Waals surface area contributed by atoms with Crippen molar-refractivity contribution in [2.24, 2.45) is 0 Å². The minimum atomic E-state index is -0.334. The van der Waals surface area contributed by atoms with Crippen LogP contribution in [0.15, 0.2) is 28.1 Å². The molecule has 0 unspecified atom stereocenters. The summed E-state index contributed by atoms with van der Waals surface area (Å²) in [5.41, 5.74) is 0.115. The summed E-state index contributed by atoms with van der Waals surface area (Å²) < 4.78 is 1.79. The Morgan fingerprint density at radius 2 is 2.20 bits per heavy atom. The predicted molar refractivity (Wildman–Crippen MR) is 82.9 cm³/mol. The van der Waals surface area contributed by atoms with Gasteiger partial charge in [0.2, 0.25) is 0 Å². The molecule has 2 rings (SSSR count). The molecule has 0 aliphatic heterocycles. The Hall–Kier alpha value is -1.14. The van der Waals surface area contributed by atoms with Gasteiger partial charge < -0.3 is 10.4 Å². The van der Waals surface area contributed by atoms with E-state index < -0.39 is 0 Å². The smallest absolute Gasteiger partial charge is 0.283 e. The second-order valence-electron chi connectivity index (χ2n) is 5.27. The number of hydrogen-bond donors (Lipinski definition) is 2. The largest absolute Gasteiger partial charge is 0.394 e. The number of nitrogens with zero attached hydrogens (tertiary/aromatic N) is 2. The third-order valence-corrected chi connectivity index (χ3v) is 4.57. The number of aliphatic hydroxyl groups is 1. The van der Waals surface area contributed by atoms with Crippen molar-refractivity contribution in [3.05, 3.63) is 33.7 Å². The Kier molecular flexibility index (Phi) is 4.99. The number of anilines is 1. The fourth-order valence-electron chi connectivity index (χ4n) is 2.64. The van der Waals surface area contributed by atoms with Crippen LogP contribution in [0, 0.1) is 0 Å². The van der Waals surface area contributed by atoms with Crippen molar-refractivity contribution in [3.8, 4) is 0 Å². The van der Waals surface area contributed by atoms with Gasteiger partial charge in [0.05, 0.1) is 30.6 Å². The van der Waals surface area contributed by atoms with E-state index >= 15 is 0 Å². The molecule has 1 heterocycles. The average molecular weight is 342 g/mol. The number of allylic oxidation sites excluding steroid dienone is 1. The fourth-order valence-corrected chi connectivity index (χ4v) is 3.05. The number of aromatic nitrogens is 2. The zero-order chi connectivity index (χ0) is 14.6. The molecule has 2 N–H and O–H groups in total. The summed E-state index contributed by atoms with van der Waals surface area (Å²) in [5, 5.41) is 17.1. The fraction of sp³-hybridized carbons (Fsp3) is 0.571. The molecule has 1 aromatic heterocycles. The van der Waals surface area contributed by atoms with Gasteiger partial charge in [-0.15, -0.1) is 6.58 Å². The topological polar surface area (TPSA) is 67.2 Å². The van der Waals surface area contributed by atoms with Gasteiger partial charge in [-0.25, -0.2) is 4.68 Å². The van der Waals surface area contributed by atoms with E-state index in [2.05, 4.69) is 32.9 Å². The normalized spacial score (nSPS) is 17.7. The van der Waals surface area contributed by atoms with Crippen LogP contribution in [0.2, 0.25) is 0 Å². The first-order chi connectivity index (χ1) is 9.62. The number of aliphatic hydroxyl groups excluding tert-OH is 1. The van der Waals surface area contributed by atoms with Crippen molar-refractivity contribution in [2.75, 3.05) is 11.9 Å². The maximum Gasteiger partial charge on any atom is 0.283 e. The van der Waals surface area contributed by atoms with Gasteiger partial charge in [0.15, 0.2) is 0 Å². The molecule has 0 aromatic carbocycles. The van der Waals surface area contributed by atoms with Crippen molar-refractivity contribution in [1.29, 1.82) is 0 Å². The molecule has 5 nitrogen and oxygen atoms in total. The van der Waals surface area contributed by atoms with E-state index in [0.29, 0.717) is 16.7 Å². The second-order valence-corrected chi connectivity index (χ2v) is 6.07. The molecule has 0 spiro atoms. The van der Waals surface area contributed by atoms with E-state index in [4.69, 9.17) is 0 Å². The molecule has 0 saturated heterocycles. The van der Waals surface area contributed by atoms with E-state index in [-0.39, 0.29) is 17.7 Å². The molecule has 1 aromatic rings. The molecule has 0 atom stereocenters. The molecule has 20 heavy (non-hydrogen) atoms. The van der Waals surface area contributed by atoms with Crippen LogP contribution in [-0.2, 0) is 6.54 Å². The Bertz CT molecular complexity index is 536. The first-order valence-electron chi connectivity index (χ1n) is 6.87. The van der Waals surface area contributed by atoms with Gasteiger partial charge >= 0.3 is 0 Å². The Labute approximate surface area is 126 Å². The van der Waals surface area contributed by atoms with Crippen LogP contribution in [0.5, 0.6) is 0 Å². The highest BCUT2D eigenvalue weighted by Gasteiger charge is 2.32. The average Bonchev–Trinajstić information content (AvgIpc) is 2.48. The monoisotopic (exact) mass is 341 g/mol. The number of nitrogens with one attached hydrogen (secondary N) is 1. The van der Waals surface area contributed by atoms with E-state index in [9.17, 15) is 9.90 Å². The standard InChI is InChI=1S/C14H20BrN3O2/c1-2-8-18-13(20)12(15)11(9-16-18)17-14(10-19)6-4-3-5-7-14/h2,9,17,19H,1,3-8,10H2. The summed E-state index contributed by atoms with van der Waals surface area (Å²) in [5.74, 6) is 0. The Morgan fingerprint density at radius 3 is 2.80 bits per heavy atom. The highest BCUT2D eigenvalue weighted by molar-refractivity contribution is 9.10. The lowest BCUT2D eigenvalue weighted by Crippen LogP contribution is -2.44. The molecule has 0 amide bonds. The third-order valence-electron chi connectivity index (χ3n) is 3.80. The van der Waals surface area contributed by atoms with Crippen molar-refractivity contribution in [3.63, 3.8) is 0 Å². The SMILES string of the molecule is C=CCn1ncc(NC2(CO)CCCCC2)c(Br)c1=O. The lowest BCUT2D eigenvalue weighted by molar-refractivity contribution is 0.172. The van der Waals surface area contributed by atoms with Gasteiger partial charge in [-0.05, 0) is 28.8 Å². The van der Waals surface area contributed by atoms with Gasteiger partial charge in [0.25, 0.3) is 5.56 Å². The molecule has 0 radical (unpaired) electrons. The molecule has 1 saturated carbocycles. The quantitative estimate of drug-likeness (QED) is 0.806. The summed E-state index contributed by atoms with van der Waals surface area (Å²) in [4.78, 5) is 12.1. The Morgan fingerprint density at radius 1 is 1.50 bits per heavy atom. The number of rotatable bonds is 5. The minimum absolute atomic E-state index is 0.0647. The molecule has 1 aliphatic carbocycles. The predicted octanol–water partition coefficient (Wildman–Crippen LogP) is 2.30. The molecule has 1 fully saturated rings. The van der Waals surface area contributed by atoms with Gasteiger partial charge in [-0.2, -0.15) is 5.10 Å². The van der Waals surface area contributed by atoms with Gasteiger partial charge in [0.1, 0.15) is 4.47 Å². The molecule has 0 bridgehead atoms. The zero-order valence-electron chi connectivity index (χ0n) is 11.4. The molecular formula is C14H20BrN3O2. The van der Waals surface area contributed by atoms with Crippen LogP contribution in [0.1, 0.15) is 32.1 Å². The van der Waals surface area contributed by atoms with E-state index in [1.54, 1.807) is 12.3 Å². The van der Waals surface area contributed by atoms with E-state index in [1.807, 2.05) is 0 Å². The van der Waals surface area contributed by atoms with Gasteiger partial charge in [-0.3, -0.25) is 4.79 Å². The zero-order valence-corrected chi connectivity index (χ0v) is 13.0. The van der Waals surface area contributed by atoms with Crippen molar-refractivity contribution in [2.45, 2.75) is 44.2 Å². The number of halogens is 1. The van der Waals surface area contributed by atoms with Crippen molar-refractivity contribution in [1.82, 2.24) is 9.78 Å². The Balaban J connectivity index is 2.27. The van der Waals surface area contributed by atoms with Crippen LogP contribution in [0.4, 0.5) is 5.69 Å². The summed E-state index contributed by atoms with van der Waals surface area (Å²) >= 11 is 3.33. The van der Waals surface area contributed by atoms with Crippen LogP contribution >= 0.6 is 15.9 Å². The van der Waals surface area contributed by atoms with Gasteiger partial charge in [-0.1, -0.05) is 25.3 Å². The van der Waals surface area contributed by atoms with Crippen LogP contribution < -0.4 is 10.9 Å². The van der Waals surface area contributed by atoms with Crippen LogP contribution in [0.25, 0.3) is 0 Å². The minimum Gasteiger partial charge on any atom is -0.394 e.